The molecule has 1 amide bonds. The Hall–Kier alpha value is -3.46. The number of nitro benzene ring substituents is 1. The van der Waals surface area contributed by atoms with Crippen LogP contribution in [0.15, 0.2) is 54.1 Å². The number of carbonyl (C=O) groups is 1. The smallest absolute Gasteiger partial charge is 0.269 e. The minimum atomic E-state index is -0.528. The van der Waals surface area contributed by atoms with Crippen LogP contribution in [-0.2, 0) is 11.2 Å². The molecule has 0 aliphatic rings. The molecule has 0 aliphatic heterocycles. The molecule has 6 heteroatoms. The first-order valence-corrected chi connectivity index (χ1v) is 7.30. The number of hydrogen-bond donors (Lipinski definition) is 1. The normalized spacial score (nSPS) is 10.8. The lowest BCUT2D eigenvalue weighted by molar-refractivity contribution is -0.384. The van der Waals surface area contributed by atoms with Crippen molar-refractivity contribution in [3.05, 3.63) is 75.3 Å². The monoisotopic (exact) mass is 321 g/mol. The third kappa shape index (κ3) is 4.27. The summed E-state index contributed by atoms with van der Waals surface area (Å²) in [7, 11) is 0. The second-order valence-electron chi connectivity index (χ2n) is 5.02. The van der Waals surface area contributed by atoms with Gasteiger partial charge in [-0.3, -0.25) is 14.9 Å². The van der Waals surface area contributed by atoms with Crippen LogP contribution in [0.3, 0.4) is 0 Å². The fourth-order valence-corrected chi connectivity index (χ4v) is 2.03. The van der Waals surface area contributed by atoms with E-state index in [9.17, 15) is 20.2 Å². The number of rotatable bonds is 5. The van der Waals surface area contributed by atoms with E-state index >= 15 is 0 Å². The zero-order valence-electron chi connectivity index (χ0n) is 13.0. The first-order chi connectivity index (χ1) is 11.5. The molecule has 0 unspecified atom stereocenters. The molecule has 0 heterocycles. The van der Waals surface area contributed by atoms with Gasteiger partial charge in [0.1, 0.15) is 11.6 Å². The van der Waals surface area contributed by atoms with Crippen LogP contribution in [0, 0.1) is 21.4 Å². The molecular formula is C18H15N3O3. The maximum Gasteiger partial charge on any atom is 0.269 e. The van der Waals surface area contributed by atoms with Crippen LogP contribution in [0.25, 0.3) is 6.08 Å². The van der Waals surface area contributed by atoms with Crippen molar-refractivity contribution in [2.24, 2.45) is 0 Å². The van der Waals surface area contributed by atoms with Gasteiger partial charge in [-0.05, 0) is 47.9 Å². The average Bonchev–Trinajstić information content (AvgIpc) is 2.60. The maximum absolute atomic E-state index is 12.2. The summed E-state index contributed by atoms with van der Waals surface area (Å²) in [5.74, 6) is -0.528. The first-order valence-electron chi connectivity index (χ1n) is 7.30. The molecule has 24 heavy (non-hydrogen) atoms. The average molecular weight is 321 g/mol. The number of benzene rings is 2. The number of aryl methyl sites for hydroxylation is 1. The van der Waals surface area contributed by atoms with Gasteiger partial charge in [-0.2, -0.15) is 5.26 Å². The van der Waals surface area contributed by atoms with Gasteiger partial charge < -0.3 is 5.32 Å². The SMILES string of the molecule is CCc1ccc(NC(=O)C(C#N)=Cc2ccc([N+](=O)[O-])cc2)cc1. The summed E-state index contributed by atoms with van der Waals surface area (Å²) in [6.07, 6.45) is 2.29. The number of nitrogens with zero attached hydrogens (tertiary/aromatic N) is 2. The lowest BCUT2D eigenvalue weighted by atomic mass is 10.1. The van der Waals surface area contributed by atoms with E-state index in [0.717, 1.165) is 12.0 Å². The highest BCUT2D eigenvalue weighted by molar-refractivity contribution is 6.09. The van der Waals surface area contributed by atoms with Crippen LogP contribution in [0.1, 0.15) is 18.1 Å². The number of amides is 1. The highest BCUT2D eigenvalue weighted by atomic mass is 16.6. The van der Waals surface area contributed by atoms with Crippen LogP contribution in [0.5, 0.6) is 0 Å². The molecule has 0 radical (unpaired) electrons. The molecule has 0 bridgehead atoms. The van der Waals surface area contributed by atoms with Gasteiger partial charge in [-0.25, -0.2) is 0 Å². The van der Waals surface area contributed by atoms with Gasteiger partial charge in [0, 0.05) is 17.8 Å². The molecule has 6 nitrogen and oxygen atoms in total. The molecule has 120 valence electrons. The van der Waals surface area contributed by atoms with E-state index < -0.39 is 10.8 Å². The third-order valence-corrected chi connectivity index (χ3v) is 3.40. The molecule has 2 aromatic rings. The summed E-state index contributed by atoms with van der Waals surface area (Å²) in [5, 5.41) is 22.5. The Kier molecular flexibility index (Phi) is 5.42. The summed E-state index contributed by atoms with van der Waals surface area (Å²) in [5.41, 5.74) is 2.15. The Morgan fingerprint density at radius 3 is 2.33 bits per heavy atom. The van der Waals surface area contributed by atoms with Crippen molar-refractivity contribution < 1.29 is 9.72 Å². The number of nitriles is 1. The van der Waals surface area contributed by atoms with Crippen LogP contribution in [0.2, 0.25) is 0 Å². The Morgan fingerprint density at radius 2 is 1.83 bits per heavy atom. The first kappa shape index (κ1) is 16.9. The zero-order valence-corrected chi connectivity index (χ0v) is 13.0. The summed E-state index contributed by atoms with van der Waals surface area (Å²) in [4.78, 5) is 22.3. The van der Waals surface area contributed by atoms with E-state index in [2.05, 4.69) is 5.32 Å². The predicted octanol–water partition coefficient (Wildman–Crippen LogP) is 3.70. The summed E-state index contributed by atoms with van der Waals surface area (Å²) in [6, 6.07) is 14.8. The van der Waals surface area contributed by atoms with Gasteiger partial charge in [-0.15, -0.1) is 0 Å². The molecule has 0 saturated heterocycles. The van der Waals surface area contributed by atoms with E-state index in [1.54, 1.807) is 12.1 Å². The van der Waals surface area contributed by atoms with Gasteiger partial charge in [0.05, 0.1) is 4.92 Å². The van der Waals surface area contributed by atoms with Crippen LogP contribution in [-0.4, -0.2) is 10.8 Å². The molecule has 0 atom stereocenters. The molecule has 1 N–H and O–H groups in total. The van der Waals surface area contributed by atoms with Crippen molar-refractivity contribution in [1.82, 2.24) is 0 Å². The molecule has 0 saturated carbocycles. The van der Waals surface area contributed by atoms with Crippen molar-refractivity contribution in [3.63, 3.8) is 0 Å². The minimum Gasteiger partial charge on any atom is -0.321 e. The second-order valence-corrected chi connectivity index (χ2v) is 5.02. The Bertz CT molecular complexity index is 816. The summed E-state index contributed by atoms with van der Waals surface area (Å²) in [6.45, 7) is 2.04. The fourth-order valence-electron chi connectivity index (χ4n) is 2.03. The molecule has 0 spiro atoms. The number of nitro groups is 1. The molecule has 0 aliphatic carbocycles. The van der Waals surface area contributed by atoms with Crippen molar-refractivity contribution in [1.29, 1.82) is 5.26 Å². The van der Waals surface area contributed by atoms with E-state index in [1.165, 1.54) is 30.3 Å². The Labute approximate surface area is 139 Å². The van der Waals surface area contributed by atoms with Gasteiger partial charge in [-0.1, -0.05) is 19.1 Å². The maximum atomic E-state index is 12.2. The second kappa shape index (κ2) is 7.70. The van der Waals surface area contributed by atoms with Crippen LogP contribution in [0.4, 0.5) is 11.4 Å². The summed E-state index contributed by atoms with van der Waals surface area (Å²) < 4.78 is 0. The van der Waals surface area contributed by atoms with Crippen molar-refractivity contribution in [3.8, 4) is 6.07 Å². The lowest BCUT2D eigenvalue weighted by Crippen LogP contribution is -2.13. The molecule has 0 fully saturated rings. The highest BCUT2D eigenvalue weighted by Gasteiger charge is 2.10. The minimum absolute atomic E-state index is 0.0499. The standard InChI is InChI=1S/C18H15N3O3/c1-2-13-3-7-16(8-4-13)20-18(22)15(12-19)11-14-5-9-17(10-6-14)21(23)24/h3-11H,2H2,1H3,(H,20,22). The zero-order chi connectivity index (χ0) is 17.5. The van der Waals surface area contributed by atoms with Gasteiger partial charge in [0.2, 0.25) is 0 Å². The fraction of sp³-hybridized carbons (Fsp3) is 0.111. The predicted molar refractivity (Wildman–Crippen MR) is 91.1 cm³/mol. The van der Waals surface area contributed by atoms with Gasteiger partial charge in [0.25, 0.3) is 11.6 Å². The molecular weight excluding hydrogens is 306 g/mol. The van der Waals surface area contributed by atoms with Gasteiger partial charge in [0.15, 0.2) is 0 Å². The van der Waals surface area contributed by atoms with Crippen LogP contribution >= 0.6 is 0 Å². The molecule has 2 aromatic carbocycles. The number of anilines is 1. The largest absolute Gasteiger partial charge is 0.321 e. The number of hydrogen-bond acceptors (Lipinski definition) is 4. The van der Waals surface area contributed by atoms with Crippen molar-refractivity contribution in [2.75, 3.05) is 5.32 Å². The molecule has 2 rings (SSSR count). The van der Waals surface area contributed by atoms with E-state index in [1.807, 2.05) is 25.1 Å². The quantitative estimate of drug-likeness (QED) is 0.393. The van der Waals surface area contributed by atoms with E-state index in [-0.39, 0.29) is 11.3 Å². The van der Waals surface area contributed by atoms with Crippen molar-refractivity contribution in [2.45, 2.75) is 13.3 Å². The van der Waals surface area contributed by atoms with E-state index in [0.29, 0.717) is 11.3 Å². The molecule has 0 aromatic heterocycles. The number of nitrogens with one attached hydrogen (secondary N) is 1. The van der Waals surface area contributed by atoms with Gasteiger partial charge >= 0.3 is 0 Å². The Morgan fingerprint density at radius 1 is 1.21 bits per heavy atom. The summed E-state index contributed by atoms with van der Waals surface area (Å²) >= 11 is 0. The Balaban J connectivity index is 2.15. The number of carbonyl (C=O) groups excluding carboxylic acids is 1. The van der Waals surface area contributed by atoms with Crippen LogP contribution < -0.4 is 5.32 Å². The van der Waals surface area contributed by atoms with Crippen molar-refractivity contribution >= 4 is 23.4 Å². The lowest BCUT2D eigenvalue weighted by Gasteiger charge is -2.05. The number of non-ortho nitro benzene ring substituents is 1. The van der Waals surface area contributed by atoms with E-state index in [4.69, 9.17) is 0 Å². The topological polar surface area (TPSA) is 96.0 Å². The highest BCUT2D eigenvalue weighted by Crippen LogP contribution is 2.16. The third-order valence-electron chi connectivity index (χ3n) is 3.40.